The average molecular weight is 548 g/mol. The predicted octanol–water partition coefficient (Wildman–Crippen LogP) is 5.57. The summed E-state index contributed by atoms with van der Waals surface area (Å²) in [5.74, 6) is -2.21. The highest BCUT2D eigenvalue weighted by Crippen LogP contribution is 2.36. The second-order valence-corrected chi connectivity index (χ2v) is 11.0. The van der Waals surface area contributed by atoms with Crippen molar-refractivity contribution in [2.45, 2.75) is 90.2 Å². The molecule has 2 N–H and O–H groups in total. The van der Waals surface area contributed by atoms with Crippen LogP contribution in [0.25, 0.3) is 0 Å². The van der Waals surface area contributed by atoms with Crippen LogP contribution in [0.4, 0.5) is 23.7 Å². The molecule has 1 heterocycles. The van der Waals surface area contributed by atoms with Crippen molar-refractivity contribution in [2.24, 2.45) is 0 Å². The lowest BCUT2D eigenvalue weighted by atomic mass is 9.88. The molecule has 2 aromatic rings. The van der Waals surface area contributed by atoms with Crippen molar-refractivity contribution in [1.82, 2.24) is 10.6 Å². The highest BCUT2D eigenvalue weighted by atomic mass is 19.4. The van der Waals surface area contributed by atoms with Crippen LogP contribution in [0.2, 0.25) is 0 Å². The number of aryl methyl sites for hydroxylation is 1. The van der Waals surface area contributed by atoms with E-state index in [1.54, 1.807) is 25.7 Å². The fraction of sp³-hybridized carbons (Fsp3) is 0.483. The molecule has 1 unspecified atom stereocenters. The number of alkyl halides is 3. The van der Waals surface area contributed by atoms with E-state index in [9.17, 15) is 27.6 Å². The zero-order chi connectivity index (χ0) is 29.1. The molecule has 3 atom stereocenters. The molecule has 0 bridgehead atoms. The summed E-state index contributed by atoms with van der Waals surface area (Å²) in [7, 11) is 0. The van der Waals surface area contributed by atoms with E-state index in [0.717, 1.165) is 17.3 Å². The minimum Gasteiger partial charge on any atom is -0.444 e. The third-order valence-corrected chi connectivity index (χ3v) is 6.53. The van der Waals surface area contributed by atoms with Crippen molar-refractivity contribution in [3.63, 3.8) is 0 Å². The Morgan fingerprint density at radius 2 is 1.62 bits per heavy atom. The maximum atomic E-state index is 13.8. The number of amides is 3. The molecule has 1 aliphatic rings. The van der Waals surface area contributed by atoms with Crippen molar-refractivity contribution in [3.05, 3.63) is 65.2 Å². The summed E-state index contributed by atoms with van der Waals surface area (Å²) >= 11 is 0. The average Bonchev–Trinajstić information content (AvgIpc) is 2.96. The molecule has 0 spiro atoms. The number of halogens is 3. The SMILES string of the molecule is CC(c1ccccc1C(F)(F)F)[C@@H](NC(=O)OC(C)(C)C)C(=O)N[C@@H]1CCc2ccccc2N(C(C)C)C1=O. The fourth-order valence-electron chi connectivity index (χ4n) is 4.78. The number of hydrogen-bond donors (Lipinski definition) is 2. The molecule has 39 heavy (non-hydrogen) atoms. The summed E-state index contributed by atoms with van der Waals surface area (Å²) in [4.78, 5) is 41.6. The molecule has 0 fully saturated rings. The third kappa shape index (κ3) is 7.30. The van der Waals surface area contributed by atoms with Crippen LogP contribution in [0.5, 0.6) is 0 Å². The Morgan fingerprint density at radius 3 is 2.23 bits per heavy atom. The van der Waals surface area contributed by atoms with E-state index in [0.29, 0.717) is 6.42 Å². The molecule has 0 aliphatic carbocycles. The maximum Gasteiger partial charge on any atom is 0.416 e. The molecule has 0 aromatic heterocycles. The molecule has 0 radical (unpaired) electrons. The van der Waals surface area contributed by atoms with Crippen LogP contribution in [-0.4, -0.2) is 41.6 Å². The monoisotopic (exact) mass is 547 g/mol. The van der Waals surface area contributed by atoms with Gasteiger partial charge in [-0.15, -0.1) is 0 Å². The maximum absolute atomic E-state index is 13.8. The highest BCUT2D eigenvalue weighted by Gasteiger charge is 2.40. The molecule has 0 saturated heterocycles. The van der Waals surface area contributed by atoms with Gasteiger partial charge in [0.1, 0.15) is 17.7 Å². The molecule has 2 aromatic carbocycles. The van der Waals surface area contributed by atoms with Gasteiger partial charge in [0.2, 0.25) is 11.8 Å². The quantitative estimate of drug-likeness (QED) is 0.495. The van der Waals surface area contributed by atoms with Gasteiger partial charge in [0.15, 0.2) is 0 Å². The highest BCUT2D eigenvalue weighted by molar-refractivity contribution is 6.01. The Kier molecular flexibility index (Phi) is 8.98. The lowest BCUT2D eigenvalue weighted by Crippen LogP contribution is -2.56. The number of ether oxygens (including phenoxy) is 1. The molecule has 0 saturated carbocycles. The molecule has 1 aliphatic heterocycles. The fourth-order valence-corrected chi connectivity index (χ4v) is 4.78. The van der Waals surface area contributed by atoms with Gasteiger partial charge >= 0.3 is 12.3 Å². The number of benzene rings is 2. The van der Waals surface area contributed by atoms with Gasteiger partial charge in [0.25, 0.3) is 0 Å². The van der Waals surface area contributed by atoms with Gasteiger partial charge in [-0.05, 0) is 70.7 Å². The molecule has 7 nitrogen and oxygen atoms in total. The number of fused-ring (bicyclic) bond motifs is 1. The lowest BCUT2D eigenvalue weighted by Gasteiger charge is -2.32. The molecular weight excluding hydrogens is 511 g/mol. The number of carbonyl (C=O) groups is 3. The topological polar surface area (TPSA) is 87.7 Å². The van der Waals surface area contributed by atoms with Gasteiger partial charge in [-0.1, -0.05) is 43.3 Å². The molecule has 10 heteroatoms. The zero-order valence-electron chi connectivity index (χ0n) is 23.1. The van der Waals surface area contributed by atoms with Gasteiger partial charge < -0.3 is 20.3 Å². The number of nitrogens with one attached hydrogen (secondary N) is 2. The lowest BCUT2D eigenvalue weighted by molar-refractivity contribution is -0.138. The number of carbonyl (C=O) groups excluding carboxylic acids is 3. The summed E-state index contributed by atoms with van der Waals surface area (Å²) in [5, 5.41) is 5.18. The summed E-state index contributed by atoms with van der Waals surface area (Å²) in [6, 6.07) is 9.79. The first-order valence-corrected chi connectivity index (χ1v) is 13.0. The van der Waals surface area contributed by atoms with E-state index in [2.05, 4.69) is 10.6 Å². The van der Waals surface area contributed by atoms with Gasteiger partial charge in [0, 0.05) is 17.6 Å². The van der Waals surface area contributed by atoms with Crippen LogP contribution in [-0.2, 0) is 26.9 Å². The van der Waals surface area contributed by atoms with Crippen molar-refractivity contribution in [1.29, 1.82) is 0 Å². The number of nitrogens with zero attached hydrogens (tertiary/aromatic N) is 1. The van der Waals surface area contributed by atoms with Gasteiger partial charge in [0.05, 0.1) is 5.56 Å². The Hall–Kier alpha value is -3.56. The summed E-state index contributed by atoms with van der Waals surface area (Å²) < 4.78 is 46.7. The minimum atomic E-state index is -4.67. The van der Waals surface area contributed by atoms with Crippen molar-refractivity contribution in [3.8, 4) is 0 Å². The second-order valence-electron chi connectivity index (χ2n) is 11.0. The normalized spacial score (nSPS) is 17.6. The van der Waals surface area contributed by atoms with Crippen LogP contribution in [0.15, 0.2) is 48.5 Å². The van der Waals surface area contributed by atoms with Gasteiger partial charge in [-0.3, -0.25) is 9.59 Å². The third-order valence-electron chi connectivity index (χ3n) is 6.53. The van der Waals surface area contributed by atoms with E-state index >= 15 is 0 Å². The first-order valence-electron chi connectivity index (χ1n) is 13.0. The molecular formula is C29H36F3N3O4. The van der Waals surface area contributed by atoms with Crippen LogP contribution in [0.3, 0.4) is 0 Å². The van der Waals surface area contributed by atoms with Crippen LogP contribution in [0, 0.1) is 0 Å². The summed E-state index contributed by atoms with van der Waals surface area (Å²) in [6.45, 7) is 10.0. The number of rotatable bonds is 6. The van der Waals surface area contributed by atoms with E-state index in [4.69, 9.17) is 4.74 Å². The van der Waals surface area contributed by atoms with Crippen LogP contribution < -0.4 is 15.5 Å². The summed E-state index contributed by atoms with van der Waals surface area (Å²) in [6.07, 6.45) is -4.83. The minimum absolute atomic E-state index is 0.162. The number of para-hydroxylation sites is 1. The predicted molar refractivity (Wildman–Crippen MR) is 142 cm³/mol. The second kappa shape index (κ2) is 11.7. The summed E-state index contributed by atoms with van der Waals surface area (Å²) in [5.41, 5.74) is -0.269. The standard InChI is InChI=1S/C29H36F3N3O4/c1-17(2)35-23-14-10-7-11-19(23)15-16-22(26(35)37)33-25(36)24(34-27(38)39-28(4,5)6)18(3)20-12-8-9-13-21(20)29(30,31)32/h7-14,17-18,22,24H,15-16H2,1-6H3,(H,33,36)(H,34,38)/t18?,22-,24-/m1/s1. The van der Waals surface area contributed by atoms with E-state index in [1.165, 1.54) is 25.1 Å². The first kappa shape index (κ1) is 30.0. The first-order chi connectivity index (χ1) is 18.1. The Balaban J connectivity index is 1.95. The smallest absolute Gasteiger partial charge is 0.416 e. The zero-order valence-corrected chi connectivity index (χ0v) is 23.1. The Morgan fingerprint density at radius 1 is 1.00 bits per heavy atom. The van der Waals surface area contributed by atoms with E-state index in [-0.39, 0.29) is 23.9 Å². The molecule has 3 amide bonds. The largest absolute Gasteiger partial charge is 0.444 e. The van der Waals surface area contributed by atoms with Crippen LogP contribution >= 0.6 is 0 Å². The number of anilines is 1. The van der Waals surface area contributed by atoms with E-state index < -0.39 is 47.3 Å². The number of alkyl carbamates (subject to hydrolysis) is 1. The van der Waals surface area contributed by atoms with E-state index in [1.807, 2.05) is 38.1 Å². The van der Waals surface area contributed by atoms with Gasteiger partial charge in [-0.2, -0.15) is 13.2 Å². The molecule has 212 valence electrons. The molecule has 3 rings (SSSR count). The Bertz CT molecular complexity index is 1210. The van der Waals surface area contributed by atoms with Crippen molar-refractivity contribution >= 4 is 23.6 Å². The van der Waals surface area contributed by atoms with Crippen LogP contribution in [0.1, 0.15) is 70.6 Å². The number of hydrogen-bond acceptors (Lipinski definition) is 4. The van der Waals surface area contributed by atoms with Gasteiger partial charge in [-0.25, -0.2) is 4.79 Å². The van der Waals surface area contributed by atoms with Crippen molar-refractivity contribution < 1.29 is 32.3 Å². The Labute approximate surface area is 227 Å². The van der Waals surface area contributed by atoms with Crippen molar-refractivity contribution in [2.75, 3.05) is 4.90 Å².